The molecular weight excluding hydrogens is 182 g/mol. The van der Waals surface area contributed by atoms with Gasteiger partial charge >= 0.3 is 0 Å². The van der Waals surface area contributed by atoms with Gasteiger partial charge in [0.2, 0.25) is 5.91 Å². The molecule has 3 atom stereocenters. The number of aliphatic hydroxyl groups is 1. The summed E-state index contributed by atoms with van der Waals surface area (Å²) in [5.74, 6) is -0.0955. The van der Waals surface area contributed by atoms with E-state index in [1.807, 2.05) is 13.8 Å². The third kappa shape index (κ3) is 3.27. The van der Waals surface area contributed by atoms with E-state index in [2.05, 4.69) is 5.32 Å². The molecule has 4 nitrogen and oxygen atoms in total. The number of aliphatic hydroxyl groups excluding tert-OH is 1. The summed E-state index contributed by atoms with van der Waals surface area (Å²) in [7, 11) is 0. The monoisotopic (exact) mass is 201 g/mol. The molecule has 1 saturated heterocycles. The lowest BCUT2D eigenvalue weighted by molar-refractivity contribution is -0.132. The first-order valence-corrected chi connectivity index (χ1v) is 5.24. The topological polar surface area (TPSA) is 58.6 Å². The Labute approximate surface area is 84.6 Å². The summed E-state index contributed by atoms with van der Waals surface area (Å²) in [4.78, 5) is 11.5. The second-order valence-corrected chi connectivity index (χ2v) is 3.82. The van der Waals surface area contributed by atoms with Crippen LogP contribution in [-0.4, -0.2) is 35.9 Å². The Morgan fingerprint density at radius 1 is 1.64 bits per heavy atom. The molecule has 2 N–H and O–H groups in total. The number of hydrogen-bond acceptors (Lipinski definition) is 3. The van der Waals surface area contributed by atoms with Crippen molar-refractivity contribution in [3.05, 3.63) is 0 Å². The first kappa shape index (κ1) is 11.5. The van der Waals surface area contributed by atoms with E-state index < -0.39 is 6.10 Å². The van der Waals surface area contributed by atoms with Crippen molar-refractivity contribution in [3.63, 3.8) is 0 Å². The van der Waals surface area contributed by atoms with Crippen LogP contribution >= 0.6 is 0 Å². The maximum atomic E-state index is 11.5. The zero-order chi connectivity index (χ0) is 10.6. The molecule has 82 valence electrons. The molecule has 0 bridgehead atoms. The highest BCUT2D eigenvalue weighted by Crippen LogP contribution is 2.18. The fourth-order valence-corrected chi connectivity index (χ4v) is 1.47. The van der Waals surface area contributed by atoms with Gasteiger partial charge in [-0.3, -0.25) is 4.79 Å². The maximum Gasteiger partial charge on any atom is 0.249 e. The molecule has 0 aromatic rings. The van der Waals surface area contributed by atoms with Crippen LogP contribution in [0, 0.1) is 0 Å². The standard InChI is InChI=1S/C10H19NO3/c1-3-8(12)6-11-10(13)9-5-4-7(2)14-9/h7-9,12H,3-6H2,1-2H3,(H,11,13). The molecule has 0 aliphatic carbocycles. The zero-order valence-electron chi connectivity index (χ0n) is 8.82. The van der Waals surface area contributed by atoms with Gasteiger partial charge in [0, 0.05) is 6.54 Å². The smallest absolute Gasteiger partial charge is 0.249 e. The lowest BCUT2D eigenvalue weighted by Gasteiger charge is -2.13. The lowest BCUT2D eigenvalue weighted by Crippen LogP contribution is -2.38. The van der Waals surface area contributed by atoms with Gasteiger partial charge in [-0.1, -0.05) is 6.92 Å². The molecule has 1 aliphatic rings. The van der Waals surface area contributed by atoms with Crippen LogP contribution in [0.1, 0.15) is 33.1 Å². The van der Waals surface area contributed by atoms with E-state index in [1.54, 1.807) is 0 Å². The summed E-state index contributed by atoms with van der Waals surface area (Å²) in [5, 5.41) is 11.9. The molecule has 0 spiro atoms. The average Bonchev–Trinajstić information content (AvgIpc) is 2.60. The van der Waals surface area contributed by atoms with Crippen molar-refractivity contribution in [2.45, 2.75) is 51.4 Å². The van der Waals surface area contributed by atoms with Gasteiger partial charge in [0.1, 0.15) is 6.10 Å². The number of ether oxygens (including phenoxy) is 1. The summed E-state index contributed by atoms with van der Waals surface area (Å²) >= 11 is 0. The molecule has 3 unspecified atom stereocenters. The second kappa shape index (κ2) is 5.32. The van der Waals surface area contributed by atoms with Crippen LogP contribution < -0.4 is 5.32 Å². The molecule has 0 aromatic heterocycles. The van der Waals surface area contributed by atoms with Crippen molar-refractivity contribution in [2.24, 2.45) is 0 Å². The molecule has 1 amide bonds. The van der Waals surface area contributed by atoms with Crippen molar-refractivity contribution < 1.29 is 14.6 Å². The zero-order valence-corrected chi connectivity index (χ0v) is 8.82. The Bertz CT molecular complexity index is 196. The van der Waals surface area contributed by atoms with Gasteiger partial charge in [-0.25, -0.2) is 0 Å². The highest BCUT2D eigenvalue weighted by atomic mass is 16.5. The van der Waals surface area contributed by atoms with Crippen molar-refractivity contribution in [2.75, 3.05) is 6.54 Å². The Kier molecular flexibility index (Phi) is 4.35. The fourth-order valence-electron chi connectivity index (χ4n) is 1.47. The largest absolute Gasteiger partial charge is 0.391 e. The van der Waals surface area contributed by atoms with Crippen molar-refractivity contribution in [3.8, 4) is 0 Å². The summed E-state index contributed by atoms with van der Waals surface area (Å²) in [6.45, 7) is 4.17. The van der Waals surface area contributed by atoms with Gasteiger partial charge in [-0.2, -0.15) is 0 Å². The third-order valence-electron chi connectivity index (χ3n) is 2.51. The number of hydrogen-bond donors (Lipinski definition) is 2. The summed E-state index contributed by atoms with van der Waals surface area (Å²) in [5.41, 5.74) is 0. The van der Waals surface area contributed by atoms with E-state index in [0.29, 0.717) is 13.0 Å². The average molecular weight is 201 g/mol. The molecule has 0 aromatic carbocycles. The van der Waals surface area contributed by atoms with Crippen LogP contribution in [0.3, 0.4) is 0 Å². The van der Waals surface area contributed by atoms with Crippen LogP contribution in [0.5, 0.6) is 0 Å². The van der Waals surface area contributed by atoms with Crippen molar-refractivity contribution >= 4 is 5.91 Å². The Hall–Kier alpha value is -0.610. The van der Waals surface area contributed by atoms with E-state index in [1.165, 1.54) is 0 Å². The van der Waals surface area contributed by atoms with Gasteiger partial charge < -0.3 is 15.2 Å². The Balaban J connectivity index is 2.22. The molecular formula is C10H19NO3. The van der Waals surface area contributed by atoms with E-state index in [9.17, 15) is 9.90 Å². The number of amides is 1. The first-order chi connectivity index (χ1) is 6.63. The quantitative estimate of drug-likeness (QED) is 0.694. The highest BCUT2D eigenvalue weighted by molar-refractivity contribution is 5.81. The third-order valence-corrected chi connectivity index (χ3v) is 2.51. The fraction of sp³-hybridized carbons (Fsp3) is 0.900. The minimum Gasteiger partial charge on any atom is -0.391 e. The maximum absolute atomic E-state index is 11.5. The minimum absolute atomic E-state index is 0.0955. The van der Waals surface area contributed by atoms with Gasteiger partial charge in [-0.05, 0) is 26.2 Å². The lowest BCUT2D eigenvalue weighted by atomic mass is 10.2. The van der Waals surface area contributed by atoms with Crippen LogP contribution in [0.4, 0.5) is 0 Å². The number of carbonyl (C=O) groups is 1. The molecule has 0 radical (unpaired) electrons. The number of nitrogens with one attached hydrogen (secondary N) is 1. The summed E-state index contributed by atoms with van der Waals surface area (Å²) in [6, 6.07) is 0. The van der Waals surface area contributed by atoms with Crippen molar-refractivity contribution in [1.82, 2.24) is 5.32 Å². The molecule has 1 rings (SSSR count). The van der Waals surface area contributed by atoms with Gasteiger partial charge in [0.15, 0.2) is 0 Å². The SMILES string of the molecule is CCC(O)CNC(=O)C1CCC(C)O1. The molecule has 1 fully saturated rings. The molecule has 1 aliphatic heterocycles. The van der Waals surface area contributed by atoms with Gasteiger partial charge in [-0.15, -0.1) is 0 Å². The van der Waals surface area contributed by atoms with Crippen LogP contribution in [0.25, 0.3) is 0 Å². The normalized spacial score (nSPS) is 28.8. The predicted molar refractivity (Wildman–Crippen MR) is 52.9 cm³/mol. The summed E-state index contributed by atoms with van der Waals surface area (Å²) in [6.07, 6.45) is 1.81. The van der Waals surface area contributed by atoms with Gasteiger partial charge in [0.25, 0.3) is 0 Å². The second-order valence-electron chi connectivity index (χ2n) is 3.82. The van der Waals surface area contributed by atoms with E-state index >= 15 is 0 Å². The van der Waals surface area contributed by atoms with E-state index in [0.717, 1.165) is 12.8 Å². The van der Waals surface area contributed by atoms with Crippen molar-refractivity contribution in [1.29, 1.82) is 0 Å². The first-order valence-electron chi connectivity index (χ1n) is 5.24. The number of carbonyl (C=O) groups excluding carboxylic acids is 1. The molecule has 4 heteroatoms. The Morgan fingerprint density at radius 3 is 2.86 bits per heavy atom. The predicted octanol–water partition coefficient (Wildman–Crippen LogP) is 0.441. The van der Waals surface area contributed by atoms with Crippen LogP contribution in [0.2, 0.25) is 0 Å². The molecule has 14 heavy (non-hydrogen) atoms. The van der Waals surface area contributed by atoms with Crippen LogP contribution in [0.15, 0.2) is 0 Å². The highest BCUT2D eigenvalue weighted by Gasteiger charge is 2.27. The summed E-state index contributed by atoms with van der Waals surface area (Å²) < 4.78 is 5.40. The molecule has 0 saturated carbocycles. The van der Waals surface area contributed by atoms with E-state index in [-0.39, 0.29) is 18.1 Å². The Morgan fingerprint density at radius 2 is 2.36 bits per heavy atom. The number of rotatable bonds is 4. The van der Waals surface area contributed by atoms with Crippen LogP contribution in [-0.2, 0) is 9.53 Å². The van der Waals surface area contributed by atoms with E-state index in [4.69, 9.17) is 4.74 Å². The minimum atomic E-state index is -0.447. The van der Waals surface area contributed by atoms with Gasteiger partial charge in [0.05, 0.1) is 12.2 Å². The molecule has 1 heterocycles.